The Morgan fingerprint density at radius 1 is 1.27 bits per heavy atom. The molecule has 1 N–H and O–H groups in total. The van der Waals surface area contributed by atoms with Gasteiger partial charge in [-0.2, -0.15) is 0 Å². The first-order valence-electron chi connectivity index (χ1n) is 5.41. The molecule has 15 heavy (non-hydrogen) atoms. The molecule has 1 aromatic carbocycles. The smallest absolute Gasteiger partial charge is 0.0904 e. The highest BCUT2D eigenvalue weighted by molar-refractivity contribution is 5.26. The molecule has 82 valence electrons. The molecule has 0 spiro atoms. The predicted octanol–water partition coefficient (Wildman–Crippen LogP) is 2.66. The molecular formula is C13H18O2. The summed E-state index contributed by atoms with van der Waals surface area (Å²) in [6.07, 6.45) is 0.514. The molecule has 2 nitrogen and oxygen atoms in total. The summed E-state index contributed by atoms with van der Waals surface area (Å²) in [6.45, 7) is 6.67. The minimum atomic E-state index is 0.103. The first-order valence-corrected chi connectivity index (χ1v) is 5.41. The van der Waals surface area contributed by atoms with Gasteiger partial charge in [-0.3, -0.25) is 0 Å². The zero-order chi connectivity index (χ0) is 11.1. The van der Waals surface area contributed by atoms with Crippen molar-refractivity contribution >= 4 is 0 Å². The van der Waals surface area contributed by atoms with Crippen molar-refractivity contribution in [2.75, 3.05) is 0 Å². The van der Waals surface area contributed by atoms with Gasteiger partial charge in [0.25, 0.3) is 0 Å². The molecule has 1 saturated heterocycles. The van der Waals surface area contributed by atoms with Crippen molar-refractivity contribution in [3.8, 4) is 0 Å². The zero-order valence-electron chi connectivity index (χ0n) is 9.53. The highest BCUT2D eigenvalue weighted by Gasteiger charge is 2.47. The topological polar surface area (TPSA) is 29.5 Å². The first kappa shape index (κ1) is 10.7. The summed E-state index contributed by atoms with van der Waals surface area (Å²) in [6, 6.07) is 8.00. The van der Waals surface area contributed by atoms with Crippen LogP contribution in [0.4, 0.5) is 0 Å². The van der Waals surface area contributed by atoms with Crippen LogP contribution in [0, 0.1) is 5.41 Å². The number of ether oxygens (including phenoxy) is 1. The number of rotatable bonds is 2. The molecule has 2 heteroatoms. The average molecular weight is 206 g/mol. The highest BCUT2D eigenvalue weighted by atomic mass is 16.5. The van der Waals surface area contributed by atoms with E-state index in [4.69, 9.17) is 9.84 Å². The van der Waals surface area contributed by atoms with E-state index >= 15 is 0 Å². The fourth-order valence-corrected chi connectivity index (χ4v) is 2.00. The van der Waals surface area contributed by atoms with E-state index in [1.54, 1.807) is 0 Å². The van der Waals surface area contributed by atoms with Crippen molar-refractivity contribution < 1.29 is 9.84 Å². The third-order valence-corrected chi connectivity index (χ3v) is 3.53. The van der Waals surface area contributed by atoms with Gasteiger partial charge in [-0.15, -0.1) is 0 Å². The summed E-state index contributed by atoms with van der Waals surface area (Å²) >= 11 is 0. The summed E-state index contributed by atoms with van der Waals surface area (Å²) in [7, 11) is 0. The Labute approximate surface area is 90.9 Å². The molecular weight excluding hydrogens is 188 g/mol. The van der Waals surface area contributed by atoms with E-state index in [0.29, 0.717) is 6.10 Å². The van der Waals surface area contributed by atoms with Crippen LogP contribution in [0.2, 0.25) is 0 Å². The summed E-state index contributed by atoms with van der Waals surface area (Å²) in [5.74, 6) is 0. The van der Waals surface area contributed by atoms with Gasteiger partial charge < -0.3 is 9.84 Å². The largest absolute Gasteiger partial charge is 0.392 e. The molecule has 0 bridgehead atoms. The Bertz CT molecular complexity index is 340. The second kappa shape index (κ2) is 3.62. The van der Waals surface area contributed by atoms with Crippen molar-refractivity contribution in [3.05, 3.63) is 35.4 Å². The number of aliphatic hydroxyl groups excluding tert-OH is 1. The van der Waals surface area contributed by atoms with Crippen LogP contribution in [0.25, 0.3) is 0 Å². The fraction of sp³-hybridized carbons (Fsp3) is 0.538. The Hall–Kier alpha value is -0.860. The third-order valence-electron chi connectivity index (χ3n) is 3.53. The molecule has 2 rings (SSSR count). The summed E-state index contributed by atoms with van der Waals surface area (Å²) in [5.41, 5.74) is 2.36. The minimum Gasteiger partial charge on any atom is -0.392 e. The lowest BCUT2D eigenvalue weighted by Crippen LogP contribution is -2.48. The molecule has 1 heterocycles. The van der Waals surface area contributed by atoms with Crippen molar-refractivity contribution in [2.45, 2.75) is 39.6 Å². The van der Waals surface area contributed by atoms with Crippen molar-refractivity contribution in [3.63, 3.8) is 0 Å². The summed E-state index contributed by atoms with van der Waals surface area (Å²) in [4.78, 5) is 0. The molecule has 1 aliphatic heterocycles. The van der Waals surface area contributed by atoms with E-state index in [-0.39, 0.29) is 18.1 Å². The quantitative estimate of drug-likeness (QED) is 0.806. The molecule has 0 aromatic heterocycles. The van der Waals surface area contributed by atoms with Crippen LogP contribution in [-0.2, 0) is 11.3 Å². The highest BCUT2D eigenvalue weighted by Crippen LogP contribution is 2.50. The standard InChI is InChI=1S/C13H18O2/c1-9-13(2,3)12(15-9)11-6-4-10(8-14)5-7-11/h4-7,9,12,14H,8H2,1-3H3. The normalized spacial score (nSPS) is 28.5. The van der Waals surface area contributed by atoms with Gasteiger partial charge in [0.1, 0.15) is 0 Å². The Morgan fingerprint density at radius 2 is 1.87 bits per heavy atom. The molecule has 1 fully saturated rings. The first-order chi connectivity index (χ1) is 7.05. The Morgan fingerprint density at radius 3 is 2.27 bits per heavy atom. The van der Waals surface area contributed by atoms with Crippen LogP contribution < -0.4 is 0 Å². The van der Waals surface area contributed by atoms with Crippen molar-refractivity contribution in [1.29, 1.82) is 0 Å². The predicted molar refractivity (Wildman–Crippen MR) is 59.4 cm³/mol. The average Bonchev–Trinajstić information content (AvgIpc) is 2.26. The van der Waals surface area contributed by atoms with E-state index < -0.39 is 0 Å². The van der Waals surface area contributed by atoms with Crippen LogP contribution in [-0.4, -0.2) is 11.2 Å². The number of benzene rings is 1. The van der Waals surface area contributed by atoms with Crippen LogP contribution in [0.5, 0.6) is 0 Å². The molecule has 1 aliphatic rings. The molecule has 0 amide bonds. The Balaban J connectivity index is 2.18. The van der Waals surface area contributed by atoms with Gasteiger partial charge in [0.15, 0.2) is 0 Å². The summed E-state index contributed by atoms with van der Waals surface area (Å²) in [5, 5.41) is 8.95. The number of aliphatic hydroxyl groups is 1. The lowest BCUT2D eigenvalue weighted by atomic mass is 9.73. The lowest BCUT2D eigenvalue weighted by molar-refractivity contribution is -0.230. The van der Waals surface area contributed by atoms with Crippen LogP contribution >= 0.6 is 0 Å². The molecule has 1 aromatic rings. The van der Waals surface area contributed by atoms with Crippen molar-refractivity contribution in [2.24, 2.45) is 5.41 Å². The molecule has 2 atom stereocenters. The maximum absolute atomic E-state index is 8.95. The van der Waals surface area contributed by atoms with Crippen LogP contribution in [0.1, 0.15) is 38.0 Å². The van der Waals surface area contributed by atoms with Crippen LogP contribution in [0.15, 0.2) is 24.3 Å². The van der Waals surface area contributed by atoms with E-state index in [1.165, 1.54) is 5.56 Å². The van der Waals surface area contributed by atoms with Gasteiger partial charge in [-0.1, -0.05) is 38.1 Å². The minimum absolute atomic E-state index is 0.103. The van der Waals surface area contributed by atoms with Gasteiger partial charge in [0.2, 0.25) is 0 Å². The molecule has 0 aliphatic carbocycles. The van der Waals surface area contributed by atoms with Gasteiger partial charge in [-0.25, -0.2) is 0 Å². The van der Waals surface area contributed by atoms with Crippen LogP contribution in [0.3, 0.4) is 0 Å². The van der Waals surface area contributed by atoms with E-state index in [1.807, 2.05) is 24.3 Å². The molecule has 0 saturated carbocycles. The van der Waals surface area contributed by atoms with Gasteiger partial charge in [0, 0.05) is 5.41 Å². The van der Waals surface area contributed by atoms with E-state index in [9.17, 15) is 0 Å². The summed E-state index contributed by atoms with van der Waals surface area (Å²) < 4.78 is 5.75. The second-order valence-electron chi connectivity index (χ2n) is 4.88. The molecule has 2 unspecified atom stereocenters. The molecule has 0 radical (unpaired) electrons. The monoisotopic (exact) mass is 206 g/mol. The number of hydrogen-bond donors (Lipinski definition) is 1. The van der Waals surface area contributed by atoms with Gasteiger partial charge >= 0.3 is 0 Å². The maximum atomic E-state index is 8.95. The number of hydrogen-bond acceptors (Lipinski definition) is 2. The van der Waals surface area contributed by atoms with Crippen molar-refractivity contribution in [1.82, 2.24) is 0 Å². The van der Waals surface area contributed by atoms with E-state index in [2.05, 4.69) is 20.8 Å². The van der Waals surface area contributed by atoms with Gasteiger partial charge in [-0.05, 0) is 18.1 Å². The Kier molecular flexibility index (Phi) is 2.57. The second-order valence-corrected chi connectivity index (χ2v) is 4.88. The van der Waals surface area contributed by atoms with Gasteiger partial charge in [0.05, 0.1) is 18.8 Å². The van der Waals surface area contributed by atoms with E-state index in [0.717, 1.165) is 5.56 Å². The fourth-order valence-electron chi connectivity index (χ4n) is 2.00. The lowest BCUT2D eigenvalue weighted by Gasteiger charge is -2.50. The third kappa shape index (κ3) is 1.68. The SMILES string of the molecule is CC1OC(c2ccc(CO)cc2)C1(C)C. The maximum Gasteiger partial charge on any atom is 0.0904 e. The zero-order valence-corrected chi connectivity index (χ0v) is 9.53.